The van der Waals surface area contributed by atoms with Crippen LogP contribution in [0.15, 0.2) is 58.8 Å². The average molecular weight is 214 g/mol. The van der Waals surface area contributed by atoms with Gasteiger partial charge in [0.2, 0.25) is 0 Å². The highest BCUT2D eigenvalue weighted by Gasteiger charge is 1.97. The number of rotatable bonds is 2. The third-order valence-corrected chi connectivity index (χ3v) is 1.92. The summed E-state index contributed by atoms with van der Waals surface area (Å²) in [6, 6.07) is 13.3. The second-order valence-corrected chi connectivity index (χ2v) is 3.24. The molecule has 4 heteroatoms. The molecule has 0 radical (unpaired) electrons. The van der Waals surface area contributed by atoms with E-state index in [1.807, 2.05) is 30.3 Å². The Labute approximate surface area is 92.5 Å². The number of phenolic OH excluding ortho intramolecular Hbond substituents is 2. The second kappa shape index (κ2) is 4.44. The predicted octanol–water partition coefficient (Wildman–Crippen LogP) is 3.51. The average Bonchev–Trinajstić information content (AvgIpc) is 2.27. The van der Waals surface area contributed by atoms with Crippen molar-refractivity contribution in [1.82, 2.24) is 0 Å². The summed E-state index contributed by atoms with van der Waals surface area (Å²) in [6.07, 6.45) is 0. The van der Waals surface area contributed by atoms with E-state index in [1.165, 1.54) is 18.2 Å². The molecule has 2 rings (SSSR count). The maximum atomic E-state index is 9.23. The van der Waals surface area contributed by atoms with E-state index < -0.39 is 0 Å². The molecular weight excluding hydrogens is 204 g/mol. The van der Waals surface area contributed by atoms with Crippen LogP contribution in [0, 0.1) is 0 Å². The van der Waals surface area contributed by atoms with E-state index in [4.69, 9.17) is 0 Å². The lowest BCUT2D eigenvalue weighted by Crippen LogP contribution is -1.67. The molecule has 80 valence electrons. The van der Waals surface area contributed by atoms with Gasteiger partial charge in [0.1, 0.15) is 11.5 Å². The summed E-state index contributed by atoms with van der Waals surface area (Å²) >= 11 is 0. The van der Waals surface area contributed by atoms with Crippen LogP contribution in [0.3, 0.4) is 0 Å². The van der Waals surface area contributed by atoms with Gasteiger partial charge in [0.15, 0.2) is 0 Å². The molecule has 0 bridgehead atoms. The van der Waals surface area contributed by atoms with E-state index in [9.17, 15) is 10.2 Å². The molecule has 0 amide bonds. The van der Waals surface area contributed by atoms with Gasteiger partial charge in [0.05, 0.1) is 11.4 Å². The van der Waals surface area contributed by atoms with Crippen LogP contribution in [0.1, 0.15) is 0 Å². The molecule has 2 aromatic rings. The van der Waals surface area contributed by atoms with Crippen LogP contribution in [0.25, 0.3) is 0 Å². The van der Waals surface area contributed by atoms with Gasteiger partial charge < -0.3 is 10.2 Å². The maximum Gasteiger partial charge on any atom is 0.121 e. The number of aromatic hydroxyl groups is 2. The van der Waals surface area contributed by atoms with Crippen LogP contribution in [0.4, 0.5) is 11.4 Å². The normalized spacial score (nSPS) is 10.8. The van der Waals surface area contributed by atoms with Crippen LogP contribution < -0.4 is 0 Å². The van der Waals surface area contributed by atoms with Crippen molar-refractivity contribution < 1.29 is 10.2 Å². The number of nitrogens with zero attached hydrogens (tertiary/aromatic N) is 2. The van der Waals surface area contributed by atoms with Crippen molar-refractivity contribution in [3.8, 4) is 11.5 Å². The first kappa shape index (κ1) is 10.2. The zero-order chi connectivity index (χ0) is 11.4. The first-order valence-corrected chi connectivity index (χ1v) is 4.74. The Morgan fingerprint density at radius 1 is 0.688 bits per heavy atom. The molecular formula is C12H10N2O2. The van der Waals surface area contributed by atoms with Crippen molar-refractivity contribution in [2.75, 3.05) is 0 Å². The van der Waals surface area contributed by atoms with Gasteiger partial charge in [-0.1, -0.05) is 18.2 Å². The Morgan fingerprint density at radius 3 is 1.88 bits per heavy atom. The summed E-state index contributed by atoms with van der Waals surface area (Å²) in [4.78, 5) is 0. The first-order valence-electron chi connectivity index (χ1n) is 4.74. The summed E-state index contributed by atoms with van der Waals surface area (Å²) < 4.78 is 0. The summed E-state index contributed by atoms with van der Waals surface area (Å²) in [5.74, 6) is -0.0796. The monoisotopic (exact) mass is 214 g/mol. The number of benzene rings is 2. The molecule has 0 aromatic heterocycles. The number of phenols is 2. The third-order valence-electron chi connectivity index (χ3n) is 1.92. The Kier molecular flexibility index (Phi) is 2.82. The minimum atomic E-state index is -0.0398. The van der Waals surface area contributed by atoms with Crippen LogP contribution in [0.5, 0.6) is 11.5 Å². The zero-order valence-electron chi connectivity index (χ0n) is 8.41. The summed E-state index contributed by atoms with van der Waals surface area (Å²) in [7, 11) is 0. The molecule has 0 heterocycles. The fourth-order valence-electron chi connectivity index (χ4n) is 1.25. The molecule has 0 atom stereocenters. The second-order valence-electron chi connectivity index (χ2n) is 3.24. The van der Waals surface area contributed by atoms with E-state index in [0.717, 1.165) is 0 Å². The Morgan fingerprint density at radius 2 is 1.25 bits per heavy atom. The zero-order valence-corrected chi connectivity index (χ0v) is 8.41. The molecule has 16 heavy (non-hydrogen) atoms. The number of azo groups is 1. The largest absolute Gasteiger partial charge is 0.508 e. The molecule has 2 N–H and O–H groups in total. The predicted molar refractivity (Wildman–Crippen MR) is 60.4 cm³/mol. The van der Waals surface area contributed by atoms with E-state index in [0.29, 0.717) is 11.4 Å². The van der Waals surface area contributed by atoms with Crippen molar-refractivity contribution in [1.29, 1.82) is 0 Å². The molecule has 2 aromatic carbocycles. The molecule has 0 aliphatic carbocycles. The van der Waals surface area contributed by atoms with Crippen LogP contribution >= 0.6 is 0 Å². The van der Waals surface area contributed by atoms with Gasteiger partial charge in [0.25, 0.3) is 0 Å². The molecule has 0 aliphatic heterocycles. The Hall–Kier alpha value is -2.36. The highest BCUT2D eigenvalue weighted by Crippen LogP contribution is 2.27. The van der Waals surface area contributed by atoms with E-state index in [-0.39, 0.29) is 11.5 Å². The highest BCUT2D eigenvalue weighted by atomic mass is 16.3. The maximum absolute atomic E-state index is 9.23. The topological polar surface area (TPSA) is 65.2 Å². The van der Waals surface area contributed by atoms with Gasteiger partial charge in [-0.15, -0.1) is 0 Å². The minimum absolute atomic E-state index is 0.0398. The molecule has 0 unspecified atom stereocenters. The standard InChI is InChI=1S/C12H10N2O2/c15-11-6-10(7-12(16)8-11)14-13-9-4-2-1-3-5-9/h1-8,15-16H. The molecule has 0 aliphatic rings. The molecule has 0 fully saturated rings. The lowest BCUT2D eigenvalue weighted by molar-refractivity contribution is 0.451. The van der Waals surface area contributed by atoms with Crippen molar-refractivity contribution >= 4 is 11.4 Å². The minimum Gasteiger partial charge on any atom is -0.508 e. The highest BCUT2D eigenvalue weighted by molar-refractivity contribution is 5.49. The molecule has 0 saturated heterocycles. The van der Waals surface area contributed by atoms with Crippen LogP contribution in [0.2, 0.25) is 0 Å². The van der Waals surface area contributed by atoms with Crippen molar-refractivity contribution in [2.45, 2.75) is 0 Å². The number of hydrogen-bond donors (Lipinski definition) is 2. The Balaban J connectivity index is 2.24. The Bertz CT molecular complexity index is 489. The fraction of sp³-hybridized carbons (Fsp3) is 0. The fourth-order valence-corrected chi connectivity index (χ4v) is 1.25. The third kappa shape index (κ3) is 2.57. The van der Waals surface area contributed by atoms with Gasteiger partial charge in [-0.2, -0.15) is 10.2 Å². The van der Waals surface area contributed by atoms with Gasteiger partial charge in [-0.3, -0.25) is 0 Å². The number of hydrogen-bond acceptors (Lipinski definition) is 4. The van der Waals surface area contributed by atoms with Crippen LogP contribution in [-0.4, -0.2) is 10.2 Å². The lowest BCUT2D eigenvalue weighted by atomic mass is 10.3. The van der Waals surface area contributed by atoms with E-state index in [2.05, 4.69) is 10.2 Å². The van der Waals surface area contributed by atoms with Gasteiger partial charge >= 0.3 is 0 Å². The van der Waals surface area contributed by atoms with E-state index >= 15 is 0 Å². The van der Waals surface area contributed by atoms with Gasteiger partial charge in [0, 0.05) is 18.2 Å². The first-order chi connectivity index (χ1) is 7.74. The summed E-state index contributed by atoms with van der Waals surface area (Å²) in [5.41, 5.74) is 1.12. The van der Waals surface area contributed by atoms with Gasteiger partial charge in [-0.25, -0.2) is 0 Å². The smallest absolute Gasteiger partial charge is 0.121 e. The van der Waals surface area contributed by atoms with Crippen molar-refractivity contribution in [2.24, 2.45) is 10.2 Å². The van der Waals surface area contributed by atoms with Crippen molar-refractivity contribution in [3.63, 3.8) is 0 Å². The SMILES string of the molecule is Oc1cc(O)cc(N=Nc2ccccc2)c1. The van der Waals surface area contributed by atoms with Crippen molar-refractivity contribution in [3.05, 3.63) is 48.5 Å². The summed E-state index contributed by atoms with van der Waals surface area (Å²) in [6.45, 7) is 0. The lowest BCUT2D eigenvalue weighted by Gasteiger charge is -1.96. The summed E-state index contributed by atoms with van der Waals surface area (Å²) in [5, 5.41) is 26.3. The molecule has 4 nitrogen and oxygen atoms in total. The van der Waals surface area contributed by atoms with Crippen LogP contribution in [-0.2, 0) is 0 Å². The molecule has 0 spiro atoms. The van der Waals surface area contributed by atoms with Gasteiger partial charge in [-0.05, 0) is 12.1 Å². The quantitative estimate of drug-likeness (QED) is 0.751. The van der Waals surface area contributed by atoms with E-state index in [1.54, 1.807) is 0 Å². The molecule has 0 saturated carbocycles.